The normalized spacial score (nSPS) is 13.9. The lowest BCUT2D eigenvalue weighted by molar-refractivity contribution is 0.417. The van der Waals surface area contributed by atoms with Crippen LogP contribution < -0.4 is 10.5 Å². The van der Waals surface area contributed by atoms with Crippen molar-refractivity contribution < 1.29 is 8.95 Å². The molecule has 2 atom stereocenters. The van der Waals surface area contributed by atoms with Crippen LogP contribution in [0.1, 0.15) is 13.3 Å². The number of aromatic nitrogens is 4. The van der Waals surface area contributed by atoms with Crippen LogP contribution in [0.5, 0.6) is 5.75 Å². The molecule has 0 radical (unpaired) electrons. The smallest absolute Gasteiger partial charge is 0.185 e. The summed E-state index contributed by atoms with van der Waals surface area (Å²) >= 11 is 0. The summed E-state index contributed by atoms with van der Waals surface area (Å²) in [6.07, 6.45) is 2.43. The third-order valence-corrected chi connectivity index (χ3v) is 4.71. The first kappa shape index (κ1) is 15.4. The largest absolute Gasteiger partial charge is 0.494 e. The highest BCUT2D eigenvalue weighted by Gasteiger charge is 2.16. The van der Waals surface area contributed by atoms with Crippen LogP contribution in [0.2, 0.25) is 0 Å². The fourth-order valence-corrected chi connectivity index (χ4v) is 2.41. The average molecular weight is 309 g/mol. The maximum Gasteiger partial charge on any atom is 0.185 e. The van der Waals surface area contributed by atoms with Gasteiger partial charge in [0.15, 0.2) is 11.6 Å². The zero-order valence-corrected chi connectivity index (χ0v) is 13.1. The third kappa shape index (κ3) is 3.38. The first-order valence-corrected chi connectivity index (χ1v) is 8.18. The molecule has 2 aromatic rings. The molecule has 7 nitrogen and oxygen atoms in total. The molecular formula is C13H19N5O2S. The topological polar surface area (TPSA) is 95.9 Å². The highest BCUT2D eigenvalue weighted by atomic mass is 32.2. The van der Waals surface area contributed by atoms with Crippen molar-refractivity contribution in [1.82, 2.24) is 20.2 Å². The van der Waals surface area contributed by atoms with Gasteiger partial charge in [0.1, 0.15) is 0 Å². The van der Waals surface area contributed by atoms with Crippen molar-refractivity contribution in [2.45, 2.75) is 25.1 Å². The van der Waals surface area contributed by atoms with Gasteiger partial charge in [-0.15, -0.1) is 5.10 Å². The molecule has 0 amide bonds. The van der Waals surface area contributed by atoms with Crippen LogP contribution in [0.15, 0.2) is 18.2 Å². The maximum absolute atomic E-state index is 11.4. The Hall–Kier alpha value is -1.96. The number of rotatable bonds is 6. The molecule has 0 aliphatic carbocycles. The molecule has 0 saturated heterocycles. The minimum Gasteiger partial charge on any atom is -0.494 e. The highest BCUT2D eigenvalue weighted by Crippen LogP contribution is 2.33. The van der Waals surface area contributed by atoms with E-state index in [1.165, 1.54) is 0 Å². The van der Waals surface area contributed by atoms with Crippen LogP contribution in [-0.2, 0) is 17.3 Å². The number of hydrogen-bond acceptors (Lipinski definition) is 6. The Bertz CT molecular complexity index is 643. The lowest BCUT2D eigenvalue weighted by Gasteiger charge is -2.12. The number of nitrogens with zero attached hydrogens (tertiary/aromatic N) is 4. The quantitative estimate of drug-likeness (QED) is 0.802. The van der Waals surface area contributed by atoms with Crippen molar-refractivity contribution in [2.24, 2.45) is 0 Å². The van der Waals surface area contributed by atoms with Crippen molar-refractivity contribution in [1.29, 1.82) is 0 Å². The second-order valence-corrected chi connectivity index (χ2v) is 6.55. The van der Waals surface area contributed by atoms with Crippen molar-refractivity contribution in [3.8, 4) is 17.1 Å². The number of tetrazole rings is 1. The fraction of sp³-hybridized carbons (Fsp3) is 0.462. The summed E-state index contributed by atoms with van der Waals surface area (Å²) in [6.45, 7) is 2.53. The van der Waals surface area contributed by atoms with Crippen LogP contribution in [0, 0.1) is 0 Å². The zero-order valence-electron chi connectivity index (χ0n) is 12.3. The molecule has 114 valence electrons. The zero-order chi connectivity index (χ0) is 15.4. The van der Waals surface area contributed by atoms with E-state index in [-0.39, 0.29) is 5.25 Å². The third-order valence-electron chi connectivity index (χ3n) is 3.34. The van der Waals surface area contributed by atoms with Gasteiger partial charge in [0.2, 0.25) is 0 Å². The number of hydrogen-bond donors (Lipinski definition) is 1. The van der Waals surface area contributed by atoms with E-state index >= 15 is 0 Å². The Labute approximate surface area is 125 Å². The van der Waals surface area contributed by atoms with E-state index in [0.29, 0.717) is 23.8 Å². The molecule has 0 aliphatic rings. The van der Waals surface area contributed by atoms with E-state index in [2.05, 4.69) is 15.5 Å². The Balaban J connectivity index is 2.29. The van der Waals surface area contributed by atoms with Gasteiger partial charge in [-0.1, -0.05) is 13.0 Å². The van der Waals surface area contributed by atoms with Gasteiger partial charge in [0, 0.05) is 28.9 Å². The van der Waals surface area contributed by atoms with E-state index in [1.807, 2.05) is 19.1 Å². The molecule has 0 spiro atoms. The molecule has 8 heteroatoms. The molecule has 2 rings (SSSR count). The minimum atomic E-state index is -0.859. The van der Waals surface area contributed by atoms with Crippen LogP contribution in [0.3, 0.4) is 0 Å². The van der Waals surface area contributed by atoms with Crippen molar-refractivity contribution in [2.75, 3.05) is 19.1 Å². The van der Waals surface area contributed by atoms with Gasteiger partial charge in [-0.05, 0) is 29.0 Å². The van der Waals surface area contributed by atoms with Crippen LogP contribution in [0.25, 0.3) is 11.4 Å². The first-order valence-electron chi connectivity index (χ1n) is 6.55. The molecule has 0 saturated carbocycles. The second kappa shape index (κ2) is 6.66. The minimum absolute atomic E-state index is 0.0878. The molecule has 2 unspecified atom stereocenters. The predicted molar refractivity (Wildman–Crippen MR) is 82.4 cm³/mol. The summed E-state index contributed by atoms with van der Waals surface area (Å²) in [5.41, 5.74) is 7.19. The second-order valence-electron chi connectivity index (χ2n) is 4.75. The molecule has 1 heterocycles. The number of nitrogen functional groups attached to an aromatic ring is 1. The maximum atomic E-state index is 11.4. The Morgan fingerprint density at radius 2 is 2.24 bits per heavy atom. The summed E-state index contributed by atoms with van der Waals surface area (Å²) in [4.78, 5) is 0. The van der Waals surface area contributed by atoms with Gasteiger partial charge in [-0.25, -0.2) is 4.68 Å². The van der Waals surface area contributed by atoms with Gasteiger partial charge in [-0.3, -0.25) is 4.21 Å². The molecule has 21 heavy (non-hydrogen) atoms. The number of benzene rings is 1. The van der Waals surface area contributed by atoms with Crippen molar-refractivity contribution in [3.05, 3.63) is 18.2 Å². The van der Waals surface area contributed by atoms with Gasteiger partial charge < -0.3 is 10.5 Å². The average Bonchev–Trinajstić information content (AvgIpc) is 2.92. The molecule has 0 bridgehead atoms. The summed E-state index contributed by atoms with van der Waals surface area (Å²) in [5.74, 6) is 1.15. The van der Waals surface area contributed by atoms with E-state index in [9.17, 15) is 4.21 Å². The van der Waals surface area contributed by atoms with E-state index in [4.69, 9.17) is 10.5 Å². The number of methoxy groups -OCH3 is 1. The van der Waals surface area contributed by atoms with Crippen LogP contribution >= 0.6 is 0 Å². The lowest BCUT2D eigenvalue weighted by Crippen LogP contribution is -2.14. The number of aryl methyl sites for hydroxylation is 1. The van der Waals surface area contributed by atoms with Crippen molar-refractivity contribution in [3.63, 3.8) is 0 Å². The molecule has 0 fully saturated rings. The Morgan fingerprint density at radius 1 is 1.48 bits per heavy atom. The van der Waals surface area contributed by atoms with E-state index in [1.54, 1.807) is 24.1 Å². The molecule has 1 aromatic heterocycles. The first-order chi connectivity index (χ1) is 10.0. The van der Waals surface area contributed by atoms with Crippen LogP contribution in [0.4, 0.5) is 5.69 Å². The molecule has 1 aromatic carbocycles. The van der Waals surface area contributed by atoms with Gasteiger partial charge >= 0.3 is 0 Å². The summed E-state index contributed by atoms with van der Waals surface area (Å²) < 4.78 is 18.4. The lowest BCUT2D eigenvalue weighted by atomic mass is 10.1. The van der Waals surface area contributed by atoms with Gasteiger partial charge in [-0.2, -0.15) is 0 Å². The van der Waals surface area contributed by atoms with Crippen LogP contribution in [-0.4, -0.2) is 43.0 Å². The van der Waals surface area contributed by atoms with Crippen molar-refractivity contribution >= 4 is 16.5 Å². The summed E-state index contributed by atoms with van der Waals surface area (Å²) in [5, 5.41) is 11.8. The van der Waals surface area contributed by atoms with E-state index in [0.717, 1.165) is 12.0 Å². The Kier molecular flexibility index (Phi) is 4.89. The summed E-state index contributed by atoms with van der Waals surface area (Å²) in [6, 6.07) is 5.45. The van der Waals surface area contributed by atoms with Gasteiger partial charge in [0.05, 0.1) is 18.4 Å². The Morgan fingerprint density at radius 3 is 2.90 bits per heavy atom. The monoisotopic (exact) mass is 309 g/mol. The fourth-order valence-electron chi connectivity index (χ4n) is 1.98. The summed E-state index contributed by atoms with van der Waals surface area (Å²) in [7, 11) is 0.702. The number of para-hydroxylation sites is 1. The molecular weight excluding hydrogens is 290 g/mol. The standard InChI is InChI=1S/C13H19N5O2S/c1-9(21(3)19)7-8-18-13(15-16-17-18)10-5-4-6-11(14)12(10)20-2/h4-6,9H,7-8,14H2,1-3H3. The molecule has 2 N–H and O–H groups in total. The van der Waals surface area contributed by atoms with Gasteiger partial charge in [0.25, 0.3) is 0 Å². The number of ether oxygens (including phenoxy) is 1. The number of anilines is 1. The molecule has 0 aliphatic heterocycles. The van der Waals surface area contributed by atoms with E-state index < -0.39 is 10.8 Å². The number of nitrogens with two attached hydrogens (primary N) is 1. The predicted octanol–water partition coefficient (Wildman–Crippen LogP) is 1.09. The SMILES string of the molecule is COc1c(N)cccc1-c1nnnn1CCC(C)S(C)=O. The highest BCUT2D eigenvalue weighted by molar-refractivity contribution is 7.84.